The predicted octanol–water partition coefficient (Wildman–Crippen LogP) is 7.69. The fraction of sp³-hybridized carbons (Fsp3) is 0.556. The zero-order chi connectivity index (χ0) is 23.2. The number of aryl methyl sites for hydroxylation is 1. The highest BCUT2D eigenvalue weighted by Gasteiger charge is 2.16. The third kappa shape index (κ3) is 9.99. The summed E-state index contributed by atoms with van der Waals surface area (Å²) < 4.78 is 4.76. The maximum atomic E-state index is 4.76. The van der Waals surface area contributed by atoms with Crippen molar-refractivity contribution in [2.24, 2.45) is 11.8 Å². The first-order valence-corrected chi connectivity index (χ1v) is 11.7. The lowest BCUT2D eigenvalue weighted by atomic mass is 9.81. The van der Waals surface area contributed by atoms with Crippen LogP contribution in [0.15, 0.2) is 49.4 Å². The number of ether oxygens (including phenoxy) is 1. The van der Waals surface area contributed by atoms with Crippen molar-refractivity contribution in [1.82, 2.24) is 9.97 Å². The molecule has 1 aromatic heterocycles. The van der Waals surface area contributed by atoms with E-state index in [-0.39, 0.29) is 0 Å². The smallest absolute Gasteiger partial charge is 0.139 e. The van der Waals surface area contributed by atoms with E-state index < -0.39 is 0 Å². The normalized spacial score (nSPS) is 17.5. The number of aromatic nitrogens is 2. The average Bonchev–Trinajstić information content (AvgIpc) is 2.76. The number of hydrogen-bond donors (Lipinski definition) is 0. The average molecular weight is 426 g/mol. The molecule has 1 aromatic carbocycles. The Morgan fingerprint density at radius 1 is 1.13 bits per heavy atom. The van der Waals surface area contributed by atoms with E-state index in [4.69, 9.17) is 4.74 Å². The van der Waals surface area contributed by atoms with Gasteiger partial charge in [0.15, 0.2) is 0 Å². The van der Waals surface area contributed by atoms with E-state index in [1.54, 1.807) is 0 Å². The van der Waals surface area contributed by atoms with Crippen LogP contribution in [0.5, 0.6) is 0 Å². The van der Waals surface area contributed by atoms with Crippen LogP contribution in [0.4, 0.5) is 5.82 Å². The Labute approximate surface area is 190 Å². The second kappa shape index (κ2) is 14.6. The van der Waals surface area contributed by atoms with E-state index in [9.17, 15) is 0 Å². The van der Waals surface area contributed by atoms with Gasteiger partial charge in [0, 0.05) is 25.9 Å². The number of para-hydroxylation sites is 1. The van der Waals surface area contributed by atoms with Gasteiger partial charge in [0.2, 0.25) is 0 Å². The van der Waals surface area contributed by atoms with E-state index in [0.29, 0.717) is 0 Å². The van der Waals surface area contributed by atoms with Crippen LogP contribution in [-0.4, -0.2) is 24.1 Å². The van der Waals surface area contributed by atoms with E-state index in [1.807, 2.05) is 57.1 Å². The molecule has 4 nitrogen and oxygen atoms in total. The molecule has 31 heavy (non-hydrogen) atoms. The van der Waals surface area contributed by atoms with E-state index in [1.165, 1.54) is 44.8 Å². The Morgan fingerprint density at radius 3 is 2.29 bits per heavy atom. The molecule has 0 bridgehead atoms. The van der Waals surface area contributed by atoms with Crippen LogP contribution in [0.25, 0.3) is 10.9 Å². The van der Waals surface area contributed by atoms with E-state index >= 15 is 0 Å². The quantitative estimate of drug-likeness (QED) is 0.445. The highest BCUT2D eigenvalue weighted by Crippen LogP contribution is 2.30. The minimum atomic E-state index is 0.759. The van der Waals surface area contributed by atoms with Crippen molar-refractivity contribution in [2.45, 2.75) is 72.6 Å². The summed E-state index contributed by atoms with van der Waals surface area (Å²) in [5.41, 5.74) is 1.00. The van der Waals surface area contributed by atoms with Gasteiger partial charge >= 0.3 is 0 Å². The van der Waals surface area contributed by atoms with Gasteiger partial charge < -0.3 is 9.64 Å². The lowest BCUT2D eigenvalue weighted by molar-refractivity contribution is 0.276. The number of allylic oxidation sites excluding steroid dienone is 1. The summed E-state index contributed by atoms with van der Waals surface area (Å²) in [6.45, 7) is 15.5. The molecule has 2 aromatic rings. The van der Waals surface area contributed by atoms with Crippen molar-refractivity contribution < 1.29 is 4.74 Å². The maximum Gasteiger partial charge on any atom is 0.139 e. The minimum absolute atomic E-state index is 0.759. The lowest BCUT2D eigenvalue weighted by Crippen LogP contribution is -2.12. The minimum Gasteiger partial charge on any atom is -0.471 e. The lowest BCUT2D eigenvalue weighted by Gasteiger charge is -2.25. The van der Waals surface area contributed by atoms with E-state index in [0.717, 1.165) is 46.6 Å². The molecule has 1 aliphatic rings. The Kier molecular flexibility index (Phi) is 12.6. The van der Waals surface area contributed by atoms with E-state index in [2.05, 4.69) is 37.0 Å². The van der Waals surface area contributed by atoms with Gasteiger partial charge in [0.05, 0.1) is 17.5 Å². The summed E-state index contributed by atoms with van der Waals surface area (Å²) in [7, 11) is 3.99. The molecule has 0 aliphatic heterocycles. The fourth-order valence-corrected chi connectivity index (χ4v) is 3.74. The fourth-order valence-electron chi connectivity index (χ4n) is 3.74. The molecular formula is C27H43N3O. The van der Waals surface area contributed by atoms with Gasteiger partial charge in [0.1, 0.15) is 11.6 Å². The van der Waals surface area contributed by atoms with Gasteiger partial charge in [-0.1, -0.05) is 84.6 Å². The van der Waals surface area contributed by atoms with Gasteiger partial charge in [-0.2, -0.15) is 0 Å². The van der Waals surface area contributed by atoms with Crippen LogP contribution < -0.4 is 4.90 Å². The largest absolute Gasteiger partial charge is 0.471 e. The zero-order valence-electron chi connectivity index (χ0n) is 20.7. The van der Waals surface area contributed by atoms with Crippen LogP contribution in [0.3, 0.4) is 0 Å². The molecule has 1 saturated carbocycles. The van der Waals surface area contributed by atoms with Crippen LogP contribution >= 0.6 is 0 Å². The van der Waals surface area contributed by atoms with Gasteiger partial charge in [-0.05, 0) is 30.9 Å². The third-order valence-corrected chi connectivity index (χ3v) is 5.60. The van der Waals surface area contributed by atoms with Crippen molar-refractivity contribution in [3.05, 3.63) is 55.3 Å². The first-order chi connectivity index (χ1) is 14.8. The first kappa shape index (κ1) is 26.7. The predicted molar refractivity (Wildman–Crippen MR) is 135 cm³/mol. The van der Waals surface area contributed by atoms with Gasteiger partial charge in [-0.15, -0.1) is 0 Å². The van der Waals surface area contributed by atoms with Crippen molar-refractivity contribution in [1.29, 1.82) is 0 Å². The summed E-state index contributed by atoms with van der Waals surface area (Å²) in [6.07, 6.45) is 11.1. The number of fused-ring (bicyclic) bond motifs is 1. The maximum absolute atomic E-state index is 4.76. The summed E-state index contributed by atoms with van der Waals surface area (Å²) in [6, 6.07) is 8.06. The second-order valence-electron chi connectivity index (χ2n) is 8.60. The summed E-state index contributed by atoms with van der Waals surface area (Å²) in [4.78, 5) is 10.8. The van der Waals surface area contributed by atoms with Crippen LogP contribution in [0.2, 0.25) is 0 Å². The third-order valence-electron chi connectivity index (χ3n) is 5.60. The Balaban J connectivity index is 0.000000249. The zero-order valence-corrected chi connectivity index (χ0v) is 20.7. The molecule has 0 amide bonds. The van der Waals surface area contributed by atoms with Crippen molar-refractivity contribution in [3.63, 3.8) is 0 Å². The molecule has 0 N–H and O–H groups in total. The highest BCUT2D eigenvalue weighted by molar-refractivity contribution is 5.89. The number of hydrogen-bond acceptors (Lipinski definition) is 4. The number of rotatable bonds is 6. The van der Waals surface area contributed by atoms with Crippen molar-refractivity contribution in [3.8, 4) is 0 Å². The molecule has 0 saturated heterocycles. The topological polar surface area (TPSA) is 38.2 Å². The summed E-state index contributed by atoms with van der Waals surface area (Å²) in [5.74, 6) is 4.66. The summed E-state index contributed by atoms with van der Waals surface area (Å²) >= 11 is 0. The molecule has 0 spiro atoms. The molecule has 4 heteroatoms. The molecular weight excluding hydrogens is 382 g/mol. The molecule has 1 aliphatic carbocycles. The molecule has 3 rings (SSSR count). The SMILES string of the molecule is C=COC(=C)CC.CCCC1CCC(C)CC1.Cc1nc(N(C)C)c2ccccc2n1. The second-order valence-corrected chi connectivity index (χ2v) is 8.60. The highest BCUT2D eigenvalue weighted by atomic mass is 16.5. The van der Waals surface area contributed by atoms with Crippen molar-refractivity contribution >= 4 is 16.7 Å². The van der Waals surface area contributed by atoms with Crippen LogP contribution in [0, 0.1) is 18.8 Å². The standard InChI is InChI=1S/C11H13N3.C10H20.C6H10O/c1-8-12-10-7-5-4-6-9(10)11(13-8)14(2)3;1-3-4-10-7-5-9(2)6-8-10;1-4-6(3)7-5-2/h4-7H,1-3H3;9-10H,3-8H2,1-2H3;5H,2-4H2,1H3. The van der Waals surface area contributed by atoms with Gasteiger partial charge in [-0.3, -0.25) is 0 Å². The number of nitrogens with zero attached hydrogens (tertiary/aromatic N) is 3. The number of anilines is 1. The Bertz CT molecular complexity index is 792. The molecule has 0 radical (unpaired) electrons. The molecule has 172 valence electrons. The molecule has 1 fully saturated rings. The molecule has 1 heterocycles. The van der Waals surface area contributed by atoms with Crippen LogP contribution in [0.1, 0.15) is 71.5 Å². The van der Waals surface area contributed by atoms with Crippen LogP contribution in [-0.2, 0) is 4.74 Å². The Morgan fingerprint density at radius 2 is 1.77 bits per heavy atom. The van der Waals surface area contributed by atoms with Gasteiger partial charge in [-0.25, -0.2) is 9.97 Å². The summed E-state index contributed by atoms with van der Waals surface area (Å²) in [5, 5.41) is 1.10. The number of benzene rings is 1. The first-order valence-electron chi connectivity index (χ1n) is 11.7. The van der Waals surface area contributed by atoms with Crippen molar-refractivity contribution in [2.75, 3.05) is 19.0 Å². The monoisotopic (exact) mass is 425 g/mol. The Hall–Kier alpha value is -2.36. The molecule has 0 atom stereocenters. The van der Waals surface area contributed by atoms with Gasteiger partial charge in [0.25, 0.3) is 0 Å². The molecule has 0 unspecified atom stereocenters.